The smallest absolute Gasteiger partial charge is 0.494 e. The van der Waals surface area contributed by atoms with Crippen LogP contribution in [0, 0.1) is 0 Å². The Kier molecular flexibility index (Phi) is 10.4. The average Bonchev–Trinajstić information content (AvgIpc) is 3.38. The fourth-order valence-corrected chi connectivity index (χ4v) is 4.80. The molecular formula is C31H34F3N3O5. The van der Waals surface area contributed by atoms with E-state index in [2.05, 4.69) is 15.4 Å². The van der Waals surface area contributed by atoms with Gasteiger partial charge in [-0.1, -0.05) is 42.5 Å². The molecule has 1 aliphatic heterocycles. The number of hydrogen-bond donors (Lipinski definition) is 3. The summed E-state index contributed by atoms with van der Waals surface area (Å²) in [6, 6.07) is 19.2. The van der Waals surface area contributed by atoms with Gasteiger partial charge in [0.15, 0.2) is 0 Å². The zero-order chi connectivity index (χ0) is 30.1. The van der Waals surface area contributed by atoms with Gasteiger partial charge in [-0.25, -0.2) is 0 Å². The SMILES string of the molecule is CCOc1cc(C(=O)NC(Cc2ccccc2)C(O)CNCc2cccc(OC(F)(F)F)c2)cc(N2CCCC2=O)c1. The second-order valence-corrected chi connectivity index (χ2v) is 9.96. The molecule has 2 amide bonds. The number of carbonyl (C=O) groups excluding carboxylic acids is 2. The van der Waals surface area contributed by atoms with Gasteiger partial charge in [0.2, 0.25) is 5.91 Å². The molecule has 2 unspecified atom stereocenters. The van der Waals surface area contributed by atoms with E-state index < -0.39 is 24.4 Å². The molecule has 1 saturated heterocycles. The average molecular weight is 586 g/mol. The van der Waals surface area contributed by atoms with Crippen LogP contribution in [0.25, 0.3) is 0 Å². The number of carbonyl (C=O) groups is 2. The highest BCUT2D eigenvalue weighted by atomic mass is 19.4. The Morgan fingerprint density at radius 3 is 2.48 bits per heavy atom. The van der Waals surface area contributed by atoms with Gasteiger partial charge in [-0.2, -0.15) is 0 Å². The van der Waals surface area contributed by atoms with E-state index in [0.29, 0.717) is 43.0 Å². The van der Waals surface area contributed by atoms with E-state index in [-0.39, 0.29) is 30.3 Å². The Morgan fingerprint density at radius 1 is 1.02 bits per heavy atom. The van der Waals surface area contributed by atoms with Gasteiger partial charge < -0.3 is 30.1 Å². The lowest BCUT2D eigenvalue weighted by molar-refractivity contribution is -0.274. The maximum atomic E-state index is 13.5. The van der Waals surface area contributed by atoms with Crippen LogP contribution in [0.2, 0.25) is 0 Å². The summed E-state index contributed by atoms with van der Waals surface area (Å²) < 4.78 is 47.4. The molecule has 0 aromatic heterocycles. The number of ether oxygens (including phenoxy) is 2. The lowest BCUT2D eigenvalue weighted by Gasteiger charge is -2.25. The second-order valence-electron chi connectivity index (χ2n) is 9.96. The molecule has 0 bridgehead atoms. The van der Waals surface area contributed by atoms with Crippen LogP contribution < -0.4 is 25.0 Å². The Hall–Kier alpha value is -4.09. The molecule has 3 aromatic carbocycles. The van der Waals surface area contributed by atoms with Gasteiger partial charge in [0.05, 0.1) is 18.8 Å². The molecule has 11 heteroatoms. The molecule has 2 atom stereocenters. The van der Waals surface area contributed by atoms with Crippen molar-refractivity contribution in [2.75, 3.05) is 24.6 Å². The van der Waals surface area contributed by atoms with Crippen LogP contribution in [-0.2, 0) is 17.8 Å². The molecule has 8 nitrogen and oxygen atoms in total. The van der Waals surface area contributed by atoms with Crippen molar-refractivity contribution < 1.29 is 37.3 Å². The first-order chi connectivity index (χ1) is 20.1. The van der Waals surface area contributed by atoms with Gasteiger partial charge in [0.1, 0.15) is 11.5 Å². The first-order valence-corrected chi connectivity index (χ1v) is 13.8. The molecule has 0 radical (unpaired) electrons. The maximum absolute atomic E-state index is 13.5. The molecule has 0 spiro atoms. The second kappa shape index (κ2) is 14.2. The number of aliphatic hydroxyl groups excluding tert-OH is 1. The number of nitrogens with one attached hydrogen (secondary N) is 2. The van der Waals surface area contributed by atoms with Crippen LogP contribution in [0.3, 0.4) is 0 Å². The molecule has 1 aliphatic rings. The van der Waals surface area contributed by atoms with Crippen molar-refractivity contribution in [3.05, 3.63) is 89.5 Å². The first kappa shape index (κ1) is 30.9. The summed E-state index contributed by atoms with van der Waals surface area (Å²) in [6.45, 7) is 2.98. The van der Waals surface area contributed by atoms with Crippen molar-refractivity contribution in [3.63, 3.8) is 0 Å². The third-order valence-corrected chi connectivity index (χ3v) is 6.74. The number of rotatable bonds is 13. The molecule has 0 aliphatic carbocycles. The fraction of sp³-hybridized carbons (Fsp3) is 0.355. The summed E-state index contributed by atoms with van der Waals surface area (Å²) in [7, 11) is 0. The van der Waals surface area contributed by atoms with E-state index in [0.717, 1.165) is 12.0 Å². The molecular weight excluding hydrogens is 551 g/mol. The highest BCUT2D eigenvalue weighted by molar-refractivity contribution is 5.99. The number of benzene rings is 3. The van der Waals surface area contributed by atoms with Gasteiger partial charge >= 0.3 is 6.36 Å². The van der Waals surface area contributed by atoms with Crippen molar-refractivity contribution >= 4 is 17.5 Å². The molecule has 1 heterocycles. The van der Waals surface area contributed by atoms with E-state index in [1.807, 2.05) is 37.3 Å². The third-order valence-electron chi connectivity index (χ3n) is 6.74. The van der Waals surface area contributed by atoms with E-state index in [1.165, 1.54) is 18.2 Å². The van der Waals surface area contributed by atoms with Crippen LogP contribution in [-0.4, -0.2) is 55.1 Å². The van der Waals surface area contributed by atoms with Crippen LogP contribution in [0.4, 0.5) is 18.9 Å². The number of alkyl halides is 3. The number of halogens is 3. The normalized spacial score (nSPS) is 14.9. The Bertz CT molecular complexity index is 1350. The number of anilines is 1. The Morgan fingerprint density at radius 2 is 1.79 bits per heavy atom. The van der Waals surface area contributed by atoms with Crippen LogP contribution >= 0.6 is 0 Å². The lowest BCUT2D eigenvalue weighted by atomic mass is 10.00. The summed E-state index contributed by atoms with van der Waals surface area (Å²) >= 11 is 0. The Balaban J connectivity index is 1.47. The van der Waals surface area contributed by atoms with Crippen molar-refractivity contribution in [3.8, 4) is 11.5 Å². The zero-order valence-electron chi connectivity index (χ0n) is 23.2. The summed E-state index contributed by atoms with van der Waals surface area (Å²) in [5.74, 6) is -0.338. The fourth-order valence-electron chi connectivity index (χ4n) is 4.80. The number of aliphatic hydroxyl groups is 1. The van der Waals surface area contributed by atoms with E-state index in [9.17, 15) is 27.9 Å². The minimum absolute atomic E-state index is 0.0195. The molecule has 42 heavy (non-hydrogen) atoms. The topological polar surface area (TPSA) is 100 Å². The van der Waals surface area contributed by atoms with Crippen LogP contribution in [0.15, 0.2) is 72.8 Å². The highest BCUT2D eigenvalue weighted by Gasteiger charge is 2.31. The summed E-state index contributed by atoms with van der Waals surface area (Å²) in [5.41, 5.74) is 2.29. The number of hydrogen-bond acceptors (Lipinski definition) is 6. The van der Waals surface area contributed by atoms with Crippen LogP contribution in [0.1, 0.15) is 41.3 Å². The van der Waals surface area contributed by atoms with E-state index >= 15 is 0 Å². The highest BCUT2D eigenvalue weighted by Crippen LogP contribution is 2.28. The Labute approximate surface area is 242 Å². The number of nitrogens with zero attached hydrogens (tertiary/aromatic N) is 1. The maximum Gasteiger partial charge on any atom is 0.573 e. The minimum Gasteiger partial charge on any atom is -0.494 e. The van der Waals surface area contributed by atoms with Gasteiger partial charge in [0, 0.05) is 43.4 Å². The largest absolute Gasteiger partial charge is 0.573 e. The van der Waals surface area contributed by atoms with Gasteiger partial charge in [-0.05, 0) is 55.2 Å². The van der Waals surface area contributed by atoms with Crippen molar-refractivity contribution in [1.82, 2.24) is 10.6 Å². The molecule has 3 aromatic rings. The molecule has 0 saturated carbocycles. The molecule has 3 N–H and O–H groups in total. The van der Waals surface area contributed by atoms with Gasteiger partial charge in [-0.3, -0.25) is 9.59 Å². The summed E-state index contributed by atoms with van der Waals surface area (Å²) in [5, 5.41) is 17.1. The van der Waals surface area contributed by atoms with Crippen LogP contribution in [0.5, 0.6) is 11.5 Å². The third kappa shape index (κ3) is 8.95. The zero-order valence-corrected chi connectivity index (χ0v) is 23.2. The summed E-state index contributed by atoms with van der Waals surface area (Å²) in [4.78, 5) is 27.5. The van der Waals surface area contributed by atoms with Gasteiger partial charge in [0.25, 0.3) is 5.91 Å². The van der Waals surface area contributed by atoms with E-state index in [1.54, 1.807) is 29.2 Å². The number of amides is 2. The van der Waals surface area contributed by atoms with Crippen molar-refractivity contribution in [2.24, 2.45) is 0 Å². The summed E-state index contributed by atoms with van der Waals surface area (Å²) in [6.07, 6.45) is -4.33. The van der Waals surface area contributed by atoms with E-state index in [4.69, 9.17) is 4.74 Å². The quantitative estimate of drug-likeness (QED) is 0.271. The monoisotopic (exact) mass is 585 g/mol. The molecule has 1 fully saturated rings. The predicted molar refractivity (Wildman–Crippen MR) is 151 cm³/mol. The first-order valence-electron chi connectivity index (χ1n) is 13.8. The van der Waals surface area contributed by atoms with Gasteiger partial charge in [-0.15, -0.1) is 13.2 Å². The van der Waals surface area contributed by atoms with Crippen molar-refractivity contribution in [2.45, 2.75) is 51.2 Å². The predicted octanol–water partition coefficient (Wildman–Crippen LogP) is 4.60. The molecule has 224 valence electrons. The minimum atomic E-state index is -4.79. The standard InChI is InChI=1S/C31H34F3N3O5/c1-2-41-26-17-23(16-24(18-26)37-13-7-12-29(37)39)30(40)36-27(15-21-8-4-3-5-9-21)28(38)20-35-19-22-10-6-11-25(14-22)42-31(32,33)34/h3-6,8-11,14,16-18,27-28,35,38H,2,7,12-13,15,19-20H2,1H3,(H,36,40). The van der Waals surface area contributed by atoms with Crippen molar-refractivity contribution in [1.29, 1.82) is 0 Å². The molecule has 4 rings (SSSR count). The lowest BCUT2D eigenvalue weighted by Crippen LogP contribution is -2.48.